The van der Waals surface area contributed by atoms with Crippen LogP contribution in [-0.2, 0) is 0 Å². The fraction of sp³-hybridized carbons (Fsp3) is 0.517. The Balaban J connectivity index is 1.06. The van der Waals surface area contributed by atoms with Crippen LogP contribution in [0.3, 0.4) is 0 Å². The van der Waals surface area contributed by atoms with Gasteiger partial charge < -0.3 is 20.1 Å². The minimum absolute atomic E-state index is 0.194. The van der Waals surface area contributed by atoms with Crippen LogP contribution < -0.4 is 10.2 Å². The minimum Gasteiger partial charge on any atom is -0.371 e. The van der Waals surface area contributed by atoms with E-state index >= 15 is 0 Å². The average molecular weight is 476 g/mol. The lowest BCUT2D eigenvalue weighted by molar-refractivity contribution is -0.0151. The lowest BCUT2D eigenvalue weighted by Gasteiger charge is -2.53. The summed E-state index contributed by atoms with van der Waals surface area (Å²) in [5.74, 6) is -0.194. The summed E-state index contributed by atoms with van der Waals surface area (Å²) in [5.41, 5.74) is 4.85. The van der Waals surface area contributed by atoms with Crippen molar-refractivity contribution in [1.82, 2.24) is 20.1 Å². The van der Waals surface area contributed by atoms with Gasteiger partial charge in [0.1, 0.15) is 5.82 Å². The highest BCUT2D eigenvalue weighted by atomic mass is 19.1. The molecule has 0 amide bonds. The Morgan fingerprint density at radius 1 is 0.971 bits per heavy atom. The molecule has 2 aromatic carbocycles. The Bertz CT molecular complexity index is 1150. The quantitative estimate of drug-likeness (QED) is 0.542. The molecule has 3 fully saturated rings. The molecule has 2 saturated heterocycles. The third kappa shape index (κ3) is 4.72. The molecule has 35 heavy (non-hydrogen) atoms. The molecule has 0 atom stereocenters. The number of hydrogen-bond acceptors (Lipinski definition) is 4. The largest absolute Gasteiger partial charge is 0.371 e. The van der Waals surface area contributed by atoms with Gasteiger partial charge in [-0.05, 0) is 81.1 Å². The standard InChI is InChI=1S/C29H38FN5/c1-33-14-16-35(17-15-33)29(10-3-11-29)21-31-25-8-12-34(13-9-25)26-5-2-4-22(19-26)28-20-23-18-24(30)6-7-27(23)32-28/h2,4-7,18-20,25,31-32H,3,8-17,21H2,1H3. The minimum atomic E-state index is -0.194. The van der Waals surface area contributed by atoms with Gasteiger partial charge in [-0.2, -0.15) is 0 Å². The first-order valence-electron chi connectivity index (χ1n) is 13.4. The van der Waals surface area contributed by atoms with Crippen molar-refractivity contribution in [2.75, 3.05) is 57.8 Å². The molecular formula is C29H38FN5. The van der Waals surface area contributed by atoms with Gasteiger partial charge in [0.05, 0.1) is 0 Å². The summed E-state index contributed by atoms with van der Waals surface area (Å²) in [7, 11) is 2.24. The molecule has 1 aliphatic carbocycles. The van der Waals surface area contributed by atoms with Crippen LogP contribution in [0.4, 0.5) is 10.1 Å². The number of aromatic amines is 1. The molecule has 1 aromatic heterocycles. The Morgan fingerprint density at radius 3 is 2.51 bits per heavy atom. The molecule has 5 nitrogen and oxygen atoms in total. The molecule has 2 aliphatic heterocycles. The molecule has 6 rings (SSSR count). The maximum Gasteiger partial charge on any atom is 0.123 e. The lowest BCUT2D eigenvalue weighted by atomic mass is 9.74. The molecule has 3 heterocycles. The molecule has 1 saturated carbocycles. The van der Waals surface area contributed by atoms with Crippen molar-refractivity contribution < 1.29 is 4.39 Å². The fourth-order valence-electron chi connectivity index (χ4n) is 6.28. The van der Waals surface area contributed by atoms with Gasteiger partial charge in [-0.25, -0.2) is 4.39 Å². The molecule has 6 heteroatoms. The van der Waals surface area contributed by atoms with Crippen LogP contribution in [0.5, 0.6) is 0 Å². The number of anilines is 1. The van der Waals surface area contributed by atoms with Gasteiger partial charge in [0, 0.05) is 79.7 Å². The van der Waals surface area contributed by atoms with Crippen LogP contribution >= 0.6 is 0 Å². The number of benzene rings is 2. The van der Waals surface area contributed by atoms with E-state index < -0.39 is 0 Å². The number of halogens is 1. The van der Waals surface area contributed by atoms with Crippen molar-refractivity contribution in [1.29, 1.82) is 0 Å². The molecule has 0 bridgehead atoms. The van der Waals surface area contributed by atoms with Crippen molar-refractivity contribution in [3.8, 4) is 11.3 Å². The predicted molar refractivity (Wildman–Crippen MR) is 143 cm³/mol. The fourth-order valence-corrected chi connectivity index (χ4v) is 6.28. The Labute approximate surface area is 208 Å². The SMILES string of the molecule is CN1CCN(C2(CNC3CCN(c4cccc(-c5cc6cc(F)ccc6[nH]5)c4)CC3)CCC2)CC1. The predicted octanol–water partition coefficient (Wildman–Crippen LogP) is 4.70. The summed E-state index contributed by atoms with van der Waals surface area (Å²) >= 11 is 0. The third-order valence-electron chi connectivity index (χ3n) is 8.78. The van der Waals surface area contributed by atoms with E-state index in [9.17, 15) is 4.39 Å². The van der Waals surface area contributed by atoms with E-state index in [4.69, 9.17) is 0 Å². The van der Waals surface area contributed by atoms with Crippen molar-refractivity contribution >= 4 is 16.6 Å². The van der Waals surface area contributed by atoms with Crippen LogP contribution in [0.15, 0.2) is 48.5 Å². The van der Waals surface area contributed by atoms with Crippen LogP contribution in [-0.4, -0.2) is 79.2 Å². The Morgan fingerprint density at radius 2 is 1.77 bits per heavy atom. The first-order chi connectivity index (χ1) is 17.1. The number of rotatable bonds is 6. The summed E-state index contributed by atoms with van der Waals surface area (Å²) in [6.45, 7) is 8.17. The third-order valence-corrected chi connectivity index (χ3v) is 8.78. The molecule has 0 radical (unpaired) electrons. The summed E-state index contributed by atoms with van der Waals surface area (Å²) in [6.07, 6.45) is 6.48. The van der Waals surface area contributed by atoms with Crippen molar-refractivity contribution in [3.63, 3.8) is 0 Å². The zero-order chi connectivity index (χ0) is 23.8. The molecule has 2 N–H and O–H groups in total. The number of piperazine rings is 1. The van der Waals surface area contributed by atoms with Gasteiger partial charge in [-0.3, -0.25) is 4.90 Å². The van der Waals surface area contributed by atoms with Gasteiger partial charge in [0.2, 0.25) is 0 Å². The summed E-state index contributed by atoms with van der Waals surface area (Å²) in [4.78, 5) is 11.2. The number of H-pyrrole nitrogens is 1. The zero-order valence-corrected chi connectivity index (χ0v) is 20.9. The van der Waals surface area contributed by atoms with E-state index in [2.05, 4.69) is 56.3 Å². The van der Waals surface area contributed by atoms with Crippen molar-refractivity contribution in [2.24, 2.45) is 0 Å². The number of hydrogen-bond donors (Lipinski definition) is 2. The monoisotopic (exact) mass is 475 g/mol. The van der Waals surface area contributed by atoms with Crippen molar-refractivity contribution in [2.45, 2.75) is 43.7 Å². The van der Waals surface area contributed by atoms with Gasteiger partial charge in [-0.15, -0.1) is 0 Å². The van der Waals surface area contributed by atoms with Crippen molar-refractivity contribution in [3.05, 3.63) is 54.3 Å². The van der Waals surface area contributed by atoms with E-state index in [1.165, 1.54) is 70.0 Å². The van der Waals surface area contributed by atoms with E-state index in [0.29, 0.717) is 11.6 Å². The molecule has 186 valence electrons. The second kappa shape index (κ2) is 9.57. The highest BCUT2D eigenvalue weighted by Gasteiger charge is 2.43. The van der Waals surface area contributed by atoms with Gasteiger partial charge in [0.15, 0.2) is 0 Å². The first-order valence-corrected chi connectivity index (χ1v) is 13.4. The van der Waals surface area contributed by atoms with Crippen LogP contribution in [0.25, 0.3) is 22.2 Å². The Hall–Kier alpha value is -2.41. The first kappa shape index (κ1) is 23.0. The van der Waals surface area contributed by atoms with E-state index in [-0.39, 0.29) is 5.82 Å². The number of nitrogens with zero attached hydrogens (tertiary/aromatic N) is 3. The zero-order valence-electron chi connectivity index (χ0n) is 20.9. The summed E-state index contributed by atoms with van der Waals surface area (Å²) < 4.78 is 13.6. The van der Waals surface area contributed by atoms with Gasteiger partial charge >= 0.3 is 0 Å². The van der Waals surface area contributed by atoms with Crippen LogP contribution in [0, 0.1) is 5.82 Å². The normalized spacial score (nSPS) is 21.9. The lowest BCUT2D eigenvalue weighted by Crippen LogP contribution is -2.64. The molecule has 0 unspecified atom stereocenters. The second-order valence-electron chi connectivity index (χ2n) is 11.0. The number of nitrogens with one attached hydrogen (secondary N) is 2. The van der Waals surface area contributed by atoms with Crippen LogP contribution in [0.2, 0.25) is 0 Å². The molecule has 3 aliphatic rings. The smallest absolute Gasteiger partial charge is 0.123 e. The van der Waals surface area contributed by atoms with E-state index in [1.54, 1.807) is 6.07 Å². The van der Waals surface area contributed by atoms with Gasteiger partial charge in [-0.1, -0.05) is 12.1 Å². The molecular weight excluding hydrogens is 437 g/mol. The maximum atomic E-state index is 13.6. The number of likely N-dealkylation sites (N-methyl/N-ethyl adjacent to an activating group) is 1. The Kier molecular flexibility index (Phi) is 6.29. The highest BCUT2D eigenvalue weighted by molar-refractivity contribution is 5.86. The summed E-state index contributed by atoms with van der Waals surface area (Å²) in [6, 6.07) is 16.3. The number of piperidine rings is 1. The average Bonchev–Trinajstić information content (AvgIpc) is 3.28. The topological polar surface area (TPSA) is 37.5 Å². The second-order valence-corrected chi connectivity index (χ2v) is 11.0. The van der Waals surface area contributed by atoms with E-state index in [0.717, 1.165) is 41.8 Å². The van der Waals surface area contributed by atoms with Crippen LogP contribution in [0.1, 0.15) is 32.1 Å². The maximum absolute atomic E-state index is 13.6. The summed E-state index contributed by atoms with van der Waals surface area (Å²) in [5, 5.41) is 4.90. The number of fused-ring (bicyclic) bond motifs is 1. The molecule has 0 spiro atoms. The van der Waals surface area contributed by atoms with E-state index in [1.807, 2.05) is 12.1 Å². The number of aromatic nitrogens is 1. The highest BCUT2D eigenvalue weighted by Crippen LogP contribution is 2.38. The molecule has 3 aromatic rings. The van der Waals surface area contributed by atoms with Gasteiger partial charge in [0.25, 0.3) is 0 Å².